The lowest BCUT2D eigenvalue weighted by atomic mass is 10.1. The lowest BCUT2D eigenvalue weighted by molar-refractivity contribution is 1.14. The molecule has 0 saturated carbocycles. The van der Waals surface area contributed by atoms with Gasteiger partial charge >= 0.3 is 0 Å². The first-order valence-corrected chi connectivity index (χ1v) is 6.47. The van der Waals surface area contributed by atoms with Gasteiger partial charge in [0.1, 0.15) is 0 Å². The average molecular weight is 301 g/mol. The van der Waals surface area contributed by atoms with Gasteiger partial charge in [0, 0.05) is 16.7 Å². The first-order valence-electron chi connectivity index (χ1n) is 5.68. The third kappa shape index (κ3) is 3.12. The summed E-state index contributed by atoms with van der Waals surface area (Å²) in [6.07, 6.45) is 0. The lowest BCUT2D eigenvalue weighted by Crippen LogP contribution is -1.99. The van der Waals surface area contributed by atoms with Crippen LogP contribution in [-0.4, -0.2) is 0 Å². The molecule has 0 fully saturated rings. The van der Waals surface area contributed by atoms with Gasteiger partial charge in [0.2, 0.25) is 0 Å². The summed E-state index contributed by atoms with van der Waals surface area (Å²) in [7, 11) is 0. The van der Waals surface area contributed by atoms with Gasteiger partial charge in [-0.2, -0.15) is 5.26 Å². The molecule has 2 rings (SSSR count). The molecule has 0 radical (unpaired) electrons. The smallest absolute Gasteiger partial charge is 0.0991 e. The van der Waals surface area contributed by atoms with E-state index in [9.17, 15) is 0 Å². The second-order valence-electron chi connectivity index (χ2n) is 4.13. The predicted octanol–water partition coefficient (Wildman–Crippen LogP) is 4.24. The third-order valence-corrected chi connectivity index (χ3v) is 3.63. The van der Waals surface area contributed by atoms with E-state index in [0.29, 0.717) is 5.56 Å². The van der Waals surface area contributed by atoms with Crippen LogP contribution in [0.25, 0.3) is 0 Å². The van der Waals surface area contributed by atoms with Crippen molar-refractivity contribution < 1.29 is 0 Å². The summed E-state index contributed by atoms with van der Waals surface area (Å²) in [6, 6.07) is 15.9. The van der Waals surface area contributed by atoms with Crippen LogP contribution in [0.4, 0.5) is 5.69 Å². The highest BCUT2D eigenvalue weighted by Crippen LogP contribution is 2.20. The highest BCUT2D eigenvalue weighted by molar-refractivity contribution is 9.10. The number of benzene rings is 2. The van der Waals surface area contributed by atoms with Gasteiger partial charge in [-0.3, -0.25) is 0 Å². The Labute approximate surface area is 115 Å². The fourth-order valence-corrected chi connectivity index (χ4v) is 1.90. The van der Waals surface area contributed by atoms with E-state index in [0.717, 1.165) is 22.3 Å². The maximum Gasteiger partial charge on any atom is 0.0991 e. The van der Waals surface area contributed by atoms with Gasteiger partial charge in [-0.1, -0.05) is 28.1 Å². The second-order valence-corrected chi connectivity index (χ2v) is 4.98. The Morgan fingerprint density at radius 2 is 1.89 bits per heavy atom. The molecule has 0 spiro atoms. The van der Waals surface area contributed by atoms with E-state index in [1.165, 1.54) is 5.56 Å². The predicted molar refractivity (Wildman–Crippen MR) is 77.4 cm³/mol. The second kappa shape index (κ2) is 5.70. The highest BCUT2D eigenvalue weighted by Gasteiger charge is 1.98. The normalized spacial score (nSPS) is 9.83. The Morgan fingerprint density at radius 3 is 2.50 bits per heavy atom. The maximum absolute atomic E-state index is 8.72. The van der Waals surface area contributed by atoms with Gasteiger partial charge in [-0.15, -0.1) is 0 Å². The van der Waals surface area contributed by atoms with Crippen molar-refractivity contribution in [3.05, 3.63) is 63.6 Å². The molecule has 2 nitrogen and oxygen atoms in total. The van der Waals surface area contributed by atoms with Crippen LogP contribution in [0.1, 0.15) is 16.7 Å². The van der Waals surface area contributed by atoms with Gasteiger partial charge in [0.25, 0.3) is 0 Å². The summed E-state index contributed by atoms with van der Waals surface area (Å²) in [5.41, 5.74) is 4.16. The molecular formula is C15H13BrN2. The monoisotopic (exact) mass is 300 g/mol. The molecular weight excluding hydrogens is 288 g/mol. The minimum Gasteiger partial charge on any atom is -0.381 e. The Kier molecular flexibility index (Phi) is 4.01. The van der Waals surface area contributed by atoms with Gasteiger partial charge in [0.15, 0.2) is 0 Å². The Hall–Kier alpha value is -1.79. The molecule has 0 aliphatic rings. The van der Waals surface area contributed by atoms with Crippen molar-refractivity contribution in [2.75, 3.05) is 5.32 Å². The van der Waals surface area contributed by atoms with Crippen molar-refractivity contribution in [1.82, 2.24) is 0 Å². The number of anilines is 1. The van der Waals surface area contributed by atoms with Crippen molar-refractivity contribution in [3.63, 3.8) is 0 Å². The van der Waals surface area contributed by atoms with E-state index in [2.05, 4.69) is 40.3 Å². The summed E-state index contributed by atoms with van der Waals surface area (Å²) in [5, 5.41) is 12.1. The average Bonchev–Trinajstić information content (AvgIpc) is 2.41. The van der Waals surface area contributed by atoms with E-state index >= 15 is 0 Å². The number of nitrogens with one attached hydrogen (secondary N) is 1. The first-order chi connectivity index (χ1) is 8.69. The van der Waals surface area contributed by atoms with Crippen molar-refractivity contribution in [2.45, 2.75) is 13.5 Å². The zero-order chi connectivity index (χ0) is 13.0. The number of aryl methyl sites for hydroxylation is 1. The highest BCUT2D eigenvalue weighted by atomic mass is 79.9. The summed E-state index contributed by atoms with van der Waals surface area (Å²) in [6.45, 7) is 2.82. The maximum atomic E-state index is 8.72. The number of rotatable bonds is 3. The first kappa shape index (κ1) is 12.7. The molecule has 18 heavy (non-hydrogen) atoms. The zero-order valence-corrected chi connectivity index (χ0v) is 11.7. The van der Waals surface area contributed by atoms with Crippen molar-refractivity contribution in [1.29, 1.82) is 5.26 Å². The molecule has 0 unspecified atom stereocenters. The van der Waals surface area contributed by atoms with Crippen LogP contribution in [0.5, 0.6) is 0 Å². The quantitative estimate of drug-likeness (QED) is 0.920. The molecule has 0 amide bonds. The summed E-state index contributed by atoms with van der Waals surface area (Å²) < 4.78 is 1.12. The molecule has 0 aliphatic heterocycles. The molecule has 0 aromatic heterocycles. The molecule has 90 valence electrons. The largest absolute Gasteiger partial charge is 0.381 e. The van der Waals surface area contributed by atoms with E-state index in [4.69, 9.17) is 5.26 Å². The van der Waals surface area contributed by atoms with Gasteiger partial charge in [-0.05, 0) is 48.4 Å². The number of nitrogens with zero attached hydrogens (tertiary/aromatic N) is 1. The zero-order valence-electron chi connectivity index (χ0n) is 10.1. The van der Waals surface area contributed by atoms with Gasteiger partial charge in [-0.25, -0.2) is 0 Å². The summed E-state index contributed by atoms with van der Waals surface area (Å²) in [5.74, 6) is 0. The van der Waals surface area contributed by atoms with E-state index in [-0.39, 0.29) is 0 Å². The van der Waals surface area contributed by atoms with Crippen molar-refractivity contribution >= 4 is 21.6 Å². The molecule has 0 bridgehead atoms. The Morgan fingerprint density at radius 1 is 1.17 bits per heavy atom. The Balaban J connectivity index is 2.02. The molecule has 1 N–H and O–H groups in total. The molecule has 2 aromatic carbocycles. The van der Waals surface area contributed by atoms with Gasteiger partial charge in [0.05, 0.1) is 11.6 Å². The molecule has 2 aromatic rings. The third-order valence-electron chi connectivity index (χ3n) is 2.74. The van der Waals surface area contributed by atoms with Crippen LogP contribution in [0.3, 0.4) is 0 Å². The number of nitriles is 1. The minimum atomic E-state index is 0.693. The molecule has 3 heteroatoms. The van der Waals surface area contributed by atoms with Crippen LogP contribution in [-0.2, 0) is 6.54 Å². The molecule has 0 aliphatic carbocycles. The Bertz CT molecular complexity index is 582. The number of halogens is 1. The molecule has 0 atom stereocenters. The van der Waals surface area contributed by atoms with Crippen LogP contribution >= 0.6 is 15.9 Å². The number of hydrogen-bond acceptors (Lipinski definition) is 2. The standard InChI is InChI=1S/C15H13BrN2/c1-11-8-14(6-7-15(11)16)18-10-13-4-2-12(9-17)3-5-13/h2-8,18H,10H2,1H3. The minimum absolute atomic E-state index is 0.693. The molecule has 0 heterocycles. The van der Waals surface area contributed by atoms with Crippen molar-refractivity contribution in [3.8, 4) is 6.07 Å². The lowest BCUT2D eigenvalue weighted by Gasteiger charge is -2.08. The van der Waals surface area contributed by atoms with Crippen LogP contribution in [0.15, 0.2) is 46.9 Å². The molecule has 0 saturated heterocycles. The topological polar surface area (TPSA) is 35.8 Å². The fourth-order valence-electron chi connectivity index (χ4n) is 1.66. The fraction of sp³-hybridized carbons (Fsp3) is 0.133. The van der Waals surface area contributed by atoms with E-state index in [1.54, 1.807) is 0 Å². The summed E-state index contributed by atoms with van der Waals surface area (Å²) >= 11 is 3.48. The van der Waals surface area contributed by atoms with E-state index < -0.39 is 0 Å². The van der Waals surface area contributed by atoms with E-state index in [1.807, 2.05) is 36.4 Å². The van der Waals surface area contributed by atoms with Crippen molar-refractivity contribution in [2.24, 2.45) is 0 Å². The van der Waals surface area contributed by atoms with Crippen LogP contribution in [0, 0.1) is 18.3 Å². The SMILES string of the molecule is Cc1cc(NCc2ccc(C#N)cc2)ccc1Br. The summed E-state index contributed by atoms with van der Waals surface area (Å²) in [4.78, 5) is 0. The van der Waals surface area contributed by atoms with Crippen LogP contribution < -0.4 is 5.32 Å². The van der Waals surface area contributed by atoms with Crippen LogP contribution in [0.2, 0.25) is 0 Å². The van der Waals surface area contributed by atoms with Gasteiger partial charge < -0.3 is 5.32 Å². The number of hydrogen-bond donors (Lipinski definition) is 1.